The minimum absolute atomic E-state index is 0.306. The maximum atomic E-state index is 12.2. The van der Waals surface area contributed by atoms with Gasteiger partial charge < -0.3 is 19.5 Å². The van der Waals surface area contributed by atoms with Crippen LogP contribution >= 0.6 is 0 Å². The molecule has 1 amide bonds. The van der Waals surface area contributed by atoms with E-state index >= 15 is 0 Å². The molecule has 0 spiro atoms. The van der Waals surface area contributed by atoms with Crippen LogP contribution in [0.1, 0.15) is 64.9 Å². The first-order chi connectivity index (χ1) is 12.3. The van der Waals surface area contributed by atoms with E-state index in [1.165, 1.54) is 12.8 Å². The third-order valence-electron chi connectivity index (χ3n) is 5.24. The number of ether oxygens (including phenoxy) is 2. The number of amides is 1. The Morgan fingerprint density at radius 3 is 2.23 bits per heavy atom. The van der Waals surface area contributed by atoms with Gasteiger partial charge in [0.05, 0.1) is 11.7 Å². The summed E-state index contributed by atoms with van der Waals surface area (Å²) in [6.07, 6.45) is 5.80. The topological polar surface area (TPSA) is 59.0 Å². The standard InChI is InChI=1S/C21H31NO4/c1-20(2,3)26-19(23)22-14-12-21(24,13-15-22)16-8-10-18(11-9-16)25-17-6-4-5-7-17/h8-11,17,24H,4-7,12-15H2,1-3H3. The van der Waals surface area contributed by atoms with Crippen molar-refractivity contribution in [3.63, 3.8) is 0 Å². The average Bonchev–Trinajstić information content (AvgIpc) is 3.07. The number of rotatable bonds is 3. The van der Waals surface area contributed by atoms with Gasteiger partial charge in [0.1, 0.15) is 11.4 Å². The molecule has 0 atom stereocenters. The van der Waals surface area contributed by atoms with Crippen LogP contribution in [0.15, 0.2) is 24.3 Å². The van der Waals surface area contributed by atoms with Crippen molar-refractivity contribution in [2.24, 2.45) is 0 Å². The maximum absolute atomic E-state index is 12.2. The number of hydrogen-bond acceptors (Lipinski definition) is 4. The van der Waals surface area contributed by atoms with Crippen molar-refractivity contribution < 1.29 is 19.4 Å². The molecular formula is C21H31NO4. The maximum Gasteiger partial charge on any atom is 0.410 e. The molecule has 1 aliphatic carbocycles. The predicted octanol–water partition coefficient (Wildman–Crippen LogP) is 4.23. The second kappa shape index (κ2) is 7.47. The summed E-state index contributed by atoms with van der Waals surface area (Å²) in [5.74, 6) is 0.871. The minimum Gasteiger partial charge on any atom is -0.490 e. The summed E-state index contributed by atoms with van der Waals surface area (Å²) in [4.78, 5) is 13.9. The zero-order valence-corrected chi connectivity index (χ0v) is 16.2. The van der Waals surface area contributed by atoms with E-state index < -0.39 is 11.2 Å². The summed E-state index contributed by atoms with van der Waals surface area (Å²) in [5.41, 5.74) is -0.509. The summed E-state index contributed by atoms with van der Waals surface area (Å²) < 4.78 is 11.4. The molecule has 0 bridgehead atoms. The lowest BCUT2D eigenvalue weighted by molar-refractivity contribution is -0.0356. The quantitative estimate of drug-likeness (QED) is 0.875. The number of likely N-dealkylation sites (tertiary alicyclic amines) is 1. The highest BCUT2D eigenvalue weighted by atomic mass is 16.6. The van der Waals surface area contributed by atoms with E-state index in [4.69, 9.17) is 9.47 Å². The van der Waals surface area contributed by atoms with Gasteiger partial charge in [0.2, 0.25) is 0 Å². The van der Waals surface area contributed by atoms with Gasteiger partial charge in [0.25, 0.3) is 0 Å². The molecule has 5 heteroatoms. The third kappa shape index (κ3) is 4.70. The van der Waals surface area contributed by atoms with E-state index in [1.807, 2.05) is 45.0 Å². The Labute approximate surface area is 156 Å². The smallest absolute Gasteiger partial charge is 0.410 e. The summed E-state index contributed by atoms with van der Waals surface area (Å²) >= 11 is 0. The number of carbonyl (C=O) groups excluding carboxylic acids is 1. The Bertz CT molecular complexity index is 606. The number of benzene rings is 1. The van der Waals surface area contributed by atoms with E-state index in [9.17, 15) is 9.90 Å². The van der Waals surface area contributed by atoms with Crippen LogP contribution in [0, 0.1) is 0 Å². The first kappa shape index (κ1) is 19.0. The van der Waals surface area contributed by atoms with Crippen molar-refractivity contribution in [1.29, 1.82) is 0 Å². The summed E-state index contributed by atoms with van der Waals surface area (Å²) in [7, 11) is 0. The van der Waals surface area contributed by atoms with Crippen molar-refractivity contribution in [2.45, 2.75) is 76.6 Å². The van der Waals surface area contributed by atoms with Gasteiger partial charge in [-0.05, 0) is 77.0 Å². The summed E-state index contributed by atoms with van der Waals surface area (Å²) in [6, 6.07) is 7.80. The number of aliphatic hydroxyl groups is 1. The molecule has 0 unspecified atom stereocenters. The molecule has 1 saturated heterocycles. The molecule has 1 aromatic carbocycles. The van der Waals surface area contributed by atoms with Gasteiger partial charge in [0, 0.05) is 13.1 Å². The minimum atomic E-state index is -0.898. The lowest BCUT2D eigenvalue weighted by atomic mass is 9.84. The molecular weight excluding hydrogens is 330 g/mol. The first-order valence-electron chi connectivity index (χ1n) is 9.73. The van der Waals surface area contributed by atoms with Crippen LogP contribution in [-0.2, 0) is 10.3 Å². The molecule has 26 heavy (non-hydrogen) atoms. The van der Waals surface area contributed by atoms with E-state index in [2.05, 4.69) is 0 Å². The zero-order chi connectivity index (χ0) is 18.8. The number of piperidine rings is 1. The lowest BCUT2D eigenvalue weighted by Gasteiger charge is -2.39. The van der Waals surface area contributed by atoms with Crippen LogP contribution in [-0.4, -0.2) is 40.9 Å². The molecule has 5 nitrogen and oxygen atoms in total. The van der Waals surface area contributed by atoms with Crippen LogP contribution in [0.4, 0.5) is 4.79 Å². The number of nitrogens with zero attached hydrogens (tertiary/aromatic N) is 1. The summed E-state index contributed by atoms with van der Waals surface area (Å²) in [6.45, 7) is 6.57. The fourth-order valence-corrected chi connectivity index (χ4v) is 3.72. The second-order valence-electron chi connectivity index (χ2n) is 8.55. The summed E-state index contributed by atoms with van der Waals surface area (Å²) in [5, 5.41) is 11.0. The molecule has 2 fully saturated rings. The van der Waals surface area contributed by atoms with Crippen LogP contribution in [0.2, 0.25) is 0 Å². The average molecular weight is 361 g/mol. The zero-order valence-electron chi connectivity index (χ0n) is 16.2. The van der Waals surface area contributed by atoms with Crippen molar-refractivity contribution in [3.05, 3.63) is 29.8 Å². The molecule has 1 heterocycles. The monoisotopic (exact) mass is 361 g/mol. The molecule has 1 N–H and O–H groups in total. The van der Waals surface area contributed by atoms with Crippen molar-refractivity contribution >= 4 is 6.09 Å². The van der Waals surface area contributed by atoms with Gasteiger partial charge in [-0.3, -0.25) is 0 Å². The molecule has 1 saturated carbocycles. The van der Waals surface area contributed by atoms with Crippen molar-refractivity contribution in [1.82, 2.24) is 4.90 Å². The SMILES string of the molecule is CC(C)(C)OC(=O)N1CCC(O)(c2ccc(OC3CCCC3)cc2)CC1. The predicted molar refractivity (Wildman–Crippen MR) is 100 cm³/mol. The molecule has 1 aliphatic heterocycles. The van der Waals surface area contributed by atoms with Gasteiger partial charge >= 0.3 is 6.09 Å². The van der Waals surface area contributed by atoms with E-state index in [-0.39, 0.29) is 6.09 Å². The highest BCUT2D eigenvalue weighted by molar-refractivity contribution is 5.68. The van der Waals surface area contributed by atoms with Gasteiger partial charge in [-0.2, -0.15) is 0 Å². The lowest BCUT2D eigenvalue weighted by Crippen LogP contribution is -2.46. The Morgan fingerprint density at radius 1 is 1.12 bits per heavy atom. The molecule has 0 aromatic heterocycles. The van der Waals surface area contributed by atoms with E-state index in [0.717, 1.165) is 24.2 Å². The number of carbonyl (C=O) groups is 1. The molecule has 144 valence electrons. The Balaban J connectivity index is 1.57. The highest BCUT2D eigenvalue weighted by Crippen LogP contribution is 2.34. The van der Waals surface area contributed by atoms with Gasteiger partial charge in [-0.1, -0.05) is 12.1 Å². The Kier molecular flexibility index (Phi) is 5.47. The third-order valence-corrected chi connectivity index (χ3v) is 5.24. The molecule has 3 rings (SSSR count). The van der Waals surface area contributed by atoms with Crippen molar-refractivity contribution in [2.75, 3.05) is 13.1 Å². The fourth-order valence-electron chi connectivity index (χ4n) is 3.72. The molecule has 0 radical (unpaired) electrons. The van der Waals surface area contributed by atoms with Crippen LogP contribution < -0.4 is 4.74 Å². The normalized spacial score (nSPS) is 20.8. The van der Waals surface area contributed by atoms with Gasteiger partial charge in [0.15, 0.2) is 0 Å². The number of hydrogen-bond donors (Lipinski definition) is 1. The fraction of sp³-hybridized carbons (Fsp3) is 0.667. The van der Waals surface area contributed by atoms with E-state index in [1.54, 1.807) is 4.90 Å². The molecule has 2 aliphatic rings. The second-order valence-corrected chi connectivity index (χ2v) is 8.55. The van der Waals surface area contributed by atoms with E-state index in [0.29, 0.717) is 32.0 Å². The first-order valence-corrected chi connectivity index (χ1v) is 9.73. The largest absolute Gasteiger partial charge is 0.490 e. The van der Waals surface area contributed by atoms with Gasteiger partial charge in [-0.15, -0.1) is 0 Å². The van der Waals surface area contributed by atoms with Crippen LogP contribution in [0.5, 0.6) is 5.75 Å². The van der Waals surface area contributed by atoms with Crippen molar-refractivity contribution in [3.8, 4) is 5.75 Å². The molecule has 1 aromatic rings. The highest BCUT2D eigenvalue weighted by Gasteiger charge is 2.36. The Hall–Kier alpha value is -1.75. The van der Waals surface area contributed by atoms with Crippen LogP contribution in [0.25, 0.3) is 0 Å². The van der Waals surface area contributed by atoms with Crippen LogP contribution in [0.3, 0.4) is 0 Å². The Morgan fingerprint density at radius 2 is 1.69 bits per heavy atom. The van der Waals surface area contributed by atoms with Gasteiger partial charge in [-0.25, -0.2) is 4.79 Å².